The first-order valence-electron chi connectivity index (χ1n) is 13.3. The maximum Gasteiger partial charge on any atom is 0.252 e. The number of hydrogen-bond acceptors (Lipinski definition) is 8. The molecule has 3 fully saturated rings. The number of sulfonamides is 1. The number of nitrogens with one attached hydrogen (secondary N) is 1. The van der Waals surface area contributed by atoms with E-state index < -0.39 is 26.6 Å². The highest BCUT2D eigenvalue weighted by Crippen LogP contribution is 2.55. The minimum atomic E-state index is -4.29. The van der Waals surface area contributed by atoms with Gasteiger partial charge in [0.15, 0.2) is 11.6 Å². The zero-order valence-electron chi connectivity index (χ0n) is 21.5. The molecule has 0 spiro atoms. The second-order valence-corrected chi connectivity index (χ2v) is 13.7. The van der Waals surface area contributed by atoms with Crippen molar-refractivity contribution in [1.82, 2.24) is 10.3 Å². The third-order valence-corrected chi connectivity index (χ3v) is 11.3. The van der Waals surface area contributed by atoms with E-state index in [4.69, 9.17) is 0 Å². The van der Waals surface area contributed by atoms with Gasteiger partial charge >= 0.3 is 0 Å². The Morgan fingerprint density at radius 3 is 2.42 bits per heavy atom. The molecule has 38 heavy (non-hydrogen) atoms. The number of thioether (sulfide) groups is 1. The average molecular weight is 553 g/mol. The topological polar surface area (TPSA) is 120 Å². The predicted octanol–water partition coefficient (Wildman–Crippen LogP) is 4.54. The van der Waals surface area contributed by atoms with Crippen molar-refractivity contribution in [3.63, 3.8) is 0 Å². The lowest BCUT2D eigenvalue weighted by Crippen LogP contribution is -2.48. The number of carbonyl (C=O) groups is 2. The summed E-state index contributed by atoms with van der Waals surface area (Å²) in [5.41, 5.74) is 0.892. The molecule has 200 valence electrons. The lowest BCUT2D eigenvalue weighted by molar-refractivity contribution is -0.121. The van der Waals surface area contributed by atoms with Gasteiger partial charge in [-0.3, -0.25) is 9.59 Å². The van der Waals surface area contributed by atoms with Gasteiger partial charge in [-0.15, -0.1) is 11.8 Å². The van der Waals surface area contributed by atoms with Gasteiger partial charge in [0.2, 0.25) is 5.91 Å². The van der Waals surface area contributed by atoms with E-state index in [1.807, 2.05) is 13.0 Å². The van der Waals surface area contributed by atoms with Crippen LogP contribution in [0.2, 0.25) is 0 Å². The highest BCUT2D eigenvalue weighted by molar-refractivity contribution is 8.00. The lowest BCUT2D eigenvalue weighted by atomic mass is 9.97. The average Bonchev–Trinajstić information content (AvgIpc) is 3.85. The molecule has 1 aliphatic heterocycles. The van der Waals surface area contributed by atoms with Gasteiger partial charge in [-0.25, -0.2) is 13.4 Å². The van der Waals surface area contributed by atoms with Gasteiger partial charge in [0.1, 0.15) is 15.8 Å². The van der Waals surface area contributed by atoms with E-state index in [0.29, 0.717) is 73.0 Å². The molecule has 0 unspecified atom stereocenters. The first-order chi connectivity index (χ1) is 18.3. The van der Waals surface area contributed by atoms with Crippen molar-refractivity contribution in [3.8, 4) is 6.07 Å². The van der Waals surface area contributed by atoms with Gasteiger partial charge in [0.25, 0.3) is 10.0 Å². The van der Waals surface area contributed by atoms with E-state index in [9.17, 15) is 23.3 Å². The standard InChI is InChI=1S/C28H32N4O4S2/c1-2-6-24(33)23-17-20(18-29)25(31-26(23)37-22-9-10-22)32(27(34)19-11-15-30-16-12-19)38(35,36)28(13-14-28)21-7-4-3-5-8-21/h3-5,7-8,17,19,22,30H,2,6,9-16H2,1H3. The molecule has 0 radical (unpaired) electrons. The lowest BCUT2D eigenvalue weighted by Gasteiger charge is -2.32. The van der Waals surface area contributed by atoms with Crippen molar-refractivity contribution < 1.29 is 18.0 Å². The zero-order valence-corrected chi connectivity index (χ0v) is 23.1. The van der Waals surface area contributed by atoms with Crippen LogP contribution in [0, 0.1) is 17.2 Å². The normalized spacial score (nSPS) is 18.9. The number of piperidine rings is 1. The maximum atomic E-state index is 14.5. The van der Waals surface area contributed by atoms with Gasteiger partial charge < -0.3 is 5.32 Å². The summed E-state index contributed by atoms with van der Waals surface area (Å²) in [7, 11) is -4.29. The number of benzene rings is 1. The van der Waals surface area contributed by atoms with E-state index >= 15 is 0 Å². The van der Waals surface area contributed by atoms with Crippen LogP contribution in [0.4, 0.5) is 5.82 Å². The fourth-order valence-corrected chi connectivity index (χ4v) is 8.30. The number of nitriles is 1. The summed E-state index contributed by atoms with van der Waals surface area (Å²) in [5.74, 6) is -1.36. The number of Topliss-reactive ketones (excluding diaryl/α,β-unsaturated/α-hetero) is 1. The summed E-state index contributed by atoms with van der Waals surface area (Å²) in [6.45, 7) is 3.13. The third-order valence-electron chi connectivity index (χ3n) is 7.49. The van der Waals surface area contributed by atoms with Crippen LogP contribution in [0.3, 0.4) is 0 Å². The number of nitrogens with zero attached hydrogens (tertiary/aromatic N) is 3. The molecule has 1 saturated heterocycles. The zero-order chi connectivity index (χ0) is 26.9. The van der Waals surface area contributed by atoms with Gasteiger partial charge in [0, 0.05) is 17.6 Å². The van der Waals surface area contributed by atoms with Crippen LogP contribution in [0.15, 0.2) is 41.4 Å². The molecule has 1 amide bonds. The summed E-state index contributed by atoms with van der Waals surface area (Å²) < 4.78 is 28.6. The Bertz CT molecular complexity index is 1370. The van der Waals surface area contributed by atoms with Crippen LogP contribution in [0.1, 0.15) is 79.8 Å². The molecule has 5 rings (SSSR count). The van der Waals surface area contributed by atoms with Crippen molar-refractivity contribution in [1.29, 1.82) is 5.26 Å². The Morgan fingerprint density at radius 1 is 1.16 bits per heavy atom. The molecular weight excluding hydrogens is 520 g/mol. The number of amides is 1. The quantitative estimate of drug-likeness (QED) is 0.427. The first-order valence-corrected chi connectivity index (χ1v) is 15.6. The number of hydrogen-bond donors (Lipinski definition) is 1. The van der Waals surface area contributed by atoms with Crippen molar-refractivity contribution in [2.75, 3.05) is 17.4 Å². The van der Waals surface area contributed by atoms with Crippen molar-refractivity contribution in [2.45, 2.75) is 73.3 Å². The van der Waals surface area contributed by atoms with E-state index in [-0.39, 0.29) is 17.2 Å². The highest BCUT2D eigenvalue weighted by Gasteiger charge is 2.60. The molecule has 2 heterocycles. The number of rotatable bonds is 10. The molecular formula is C28H32N4O4S2. The van der Waals surface area contributed by atoms with Gasteiger partial charge in [-0.2, -0.15) is 9.57 Å². The monoisotopic (exact) mass is 552 g/mol. The molecule has 2 saturated carbocycles. The highest BCUT2D eigenvalue weighted by atomic mass is 32.2. The third kappa shape index (κ3) is 4.99. The van der Waals surface area contributed by atoms with Crippen molar-refractivity contribution >= 4 is 39.3 Å². The van der Waals surface area contributed by atoms with Gasteiger partial charge in [-0.1, -0.05) is 37.3 Å². The smallest absolute Gasteiger partial charge is 0.252 e. The van der Waals surface area contributed by atoms with Crippen LogP contribution in [-0.4, -0.2) is 43.4 Å². The molecule has 1 aromatic carbocycles. The van der Waals surface area contributed by atoms with Crippen molar-refractivity contribution in [2.24, 2.45) is 5.92 Å². The first kappa shape index (κ1) is 26.9. The Labute approximate surface area is 228 Å². The van der Waals surface area contributed by atoms with E-state index in [2.05, 4.69) is 16.4 Å². The van der Waals surface area contributed by atoms with Crippen LogP contribution < -0.4 is 9.62 Å². The number of anilines is 1. The Balaban J connectivity index is 1.68. The number of ketones is 1. The minimum absolute atomic E-state index is 0.0701. The summed E-state index contributed by atoms with van der Waals surface area (Å²) in [6, 6.07) is 12.5. The predicted molar refractivity (Wildman–Crippen MR) is 146 cm³/mol. The molecule has 2 aliphatic carbocycles. The number of pyridine rings is 1. The van der Waals surface area contributed by atoms with Gasteiger partial charge in [0.05, 0.1) is 11.1 Å². The van der Waals surface area contributed by atoms with Crippen molar-refractivity contribution in [3.05, 3.63) is 53.1 Å². The SMILES string of the molecule is CCCC(=O)c1cc(C#N)c(N(C(=O)C2CCNCC2)S(=O)(=O)C2(c3ccccc3)CC2)nc1SC1CC1. The molecule has 0 atom stereocenters. The van der Waals surface area contributed by atoms with Crippen LogP contribution in [0.25, 0.3) is 0 Å². The Morgan fingerprint density at radius 2 is 1.84 bits per heavy atom. The van der Waals surface area contributed by atoms with Gasteiger partial charge in [-0.05, 0) is 69.7 Å². The molecule has 8 nitrogen and oxygen atoms in total. The Kier molecular flexibility index (Phi) is 7.63. The number of carbonyl (C=O) groups excluding carboxylic acids is 2. The molecule has 1 N–H and O–H groups in total. The number of aromatic nitrogens is 1. The molecule has 0 bridgehead atoms. The van der Waals surface area contributed by atoms with E-state index in [1.54, 1.807) is 24.3 Å². The second kappa shape index (κ2) is 10.8. The molecule has 3 aliphatic rings. The van der Waals surface area contributed by atoms with E-state index in [1.165, 1.54) is 17.8 Å². The van der Waals surface area contributed by atoms with Crippen LogP contribution in [0.5, 0.6) is 0 Å². The second-order valence-electron chi connectivity index (χ2n) is 10.3. The maximum absolute atomic E-state index is 14.5. The summed E-state index contributed by atoms with van der Waals surface area (Å²) in [4.78, 5) is 31.7. The summed E-state index contributed by atoms with van der Waals surface area (Å²) >= 11 is 1.43. The largest absolute Gasteiger partial charge is 0.317 e. The molecule has 1 aromatic heterocycles. The van der Waals surface area contributed by atoms with E-state index in [0.717, 1.165) is 17.1 Å². The van der Waals surface area contributed by atoms with Crippen LogP contribution in [-0.2, 0) is 19.6 Å². The minimum Gasteiger partial charge on any atom is -0.317 e. The molecule has 10 heteroatoms. The fraction of sp³-hybridized carbons (Fsp3) is 0.500. The Hall–Kier alpha value is -2.74. The molecule has 2 aromatic rings. The fourth-order valence-electron chi connectivity index (χ4n) is 5.02. The summed E-state index contributed by atoms with van der Waals surface area (Å²) in [5, 5.41) is 14.0. The summed E-state index contributed by atoms with van der Waals surface area (Å²) in [6.07, 6.45) is 4.68. The van der Waals surface area contributed by atoms with Crippen LogP contribution >= 0.6 is 11.8 Å².